The van der Waals surface area contributed by atoms with E-state index in [-0.39, 0.29) is 0 Å². The molecule has 0 aromatic heterocycles. The summed E-state index contributed by atoms with van der Waals surface area (Å²) < 4.78 is 0. The summed E-state index contributed by atoms with van der Waals surface area (Å²) in [6.45, 7) is 5.07. The third-order valence-electron chi connectivity index (χ3n) is 4.42. The zero-order valence-corrected chi connectivity index (χ0v) is 12.2. The summed E-state index contributed by atoms with van der Waals surface area (Å²) >= 11 is 0. The molecule has 2 saturated heterocycles. The van der Waals surface area contributed by atoms with Gasteiger partial charge < -0.3 is 0 Å². The summed E-state index contributed by atoms with van der Waals surface area (Å²) in [6, 6.07) is 0. The zero-order chi connectivity index (χ0) is 10.7. The van der Waals surface area contributed by atoms with Gasteiger partial charge in [0.1, 0.15) is 0 Å². The molecule has 88 valence electrons. The largest absolute Gasteiger partial charge is 0.107 e. The molecule has 2 fully saturated rings. The van der Waals surface area contributed by atoms with Crippen LogP contribution in [0.3, 0.4) is 0 Å². The molecule has 0 saturated carbocycles. The highest BCUT2D eigenvalue weighted by molar-refractivity contribution is 7.58. The third kappa shape index (κ3) is 3.41. The van der Waals surface area contributed by atoms with Crippen molar-refractivity contribution in [2.75, 3.05) is 25.7 Å². The molecule has 0 unspecified atom stereocenters. The number of hydrogen-bond acceptors (Lipinski definition) is 0. The van der Waals surface area contributed by atoms with Gasteiger partial charge in [-0.05, 0) is 75.5 Å². The first kappa shape index (κ1) is 12.3. The Morgan fingerprint density at radius 2 is 1.33 bits per heavy atom. The van der Waals surface area contributed by atoms with Crippen LogP contribution < -0.4 is 0 Å². The van der Waals surface area contributed by atoms with E-state index in [0.717, 1.165) is 11.3 Å². The van der Waals surface area contributed by atoms with E-state index < -0.39 is 0 Å². The Labute approximate surface area is 98.1 Å². The first-order chi connectivity index (χ1) is 7.27. The minimum atomic E-state index is 0.442. The quantitative estimate of drug-likeness (QED) is 0.628. The van der Waals surface area contributed by atoms with Crippen LogP contribution in [0.5, 0.6) is 0 Å². The minimum Gasteiger partial charge on any atom is -0.107 e. The van der Waals surface area contributed by atoms with Crippen LogP contribution in [0.25, 0.3) is 0 Å². The van der Waals surface area contributed by atoms with E-state index in [0.29, 0.717) is 15.8 Å². The summed E-state index contributed by atoms with van der Waals surface area (Å²) in [4.78, 5) is 0. The predicted molar refractivity (Wildman–Crippen MR) is 75.3 cm³/mol. The van der Waals surface area contributed by atoms with E-state index in [1.54, 1.807) is 44.4 Å². The van der Waals surface area contributed by atoms with Crippen molar-refractivity contribution in [2.24, 2.45) is 0 Å². The molecule has 0 bridgehead atoms. The van der Waals surface area contributed by atoms with Crippen LogP contribution in [0.15, 0.2) is 0 Å². The van der Waals surface area contributed by atoms with Crippen LogP contribution in [0.2, 0.25) is 0 Å². The van der Waals surface area contributed by atoms with Crippen LogP contribution in [0.4, 0.5) is 0 Å². The highest BCUT2D eigenvalue weighted by Crippen LogP contribution is 2.51. The first-order valence-electron chi connectivity index (χ1n) is 6.68. The van der Waals surface area contributed by atoms with Crippen LogP contribution >= 0.6 is 15.8 Å². The first-order valence-corrected chi connectivity index (χ1v) is 10.8. The fourth-order valence-corrected chi connectivity index (χ4v) is 7.86. The molecule has 0 amide bonds. The van der Waals surface area contributed by atoms with E-state index in [4.69, 9.17) is 0 Å². The second kappa shape index (κ2) is 5.97. The van der Waals surface area contributed by atoms with Crippen LogP contribution in [0, 0.1) is 0 Å². The van der Waals surface area contributed by atoms with E-state index >= 15 is 0 Å². The predicted octanol–water partition coefficient (Wildman–Crippen LogP) is 4.70. The molecule has 2 heterocycles. The molecule has 2 rings (SSSR count). The molecule has 2 aliphatic rings. The molecule has 0 spiro atoms. The van der Waals surface area contributed by atoms with Gasteiger partial charge in [0.05, 0.1) is 0 Å². The van der Waals surface area contributed by atoms with Crippen molar-refractivity contribution < 1.29 is 0 Å². The second-order valence-corrected chi connectivity index (χ2v) is 10.9. The van der Waals surface area contributed by atoms with Crippen LogP contribution in [0.1, 0.15) is 44.9 Å². The van der Waals surface area contributed by atoms with Crippen molar-refractivity contribution in [2.45, 2.75) is 56.3 Å². The Hall–Kier alpha value is 0.860. The van der Waals surface area contributed by atoms with Gasteiger partial charge in [0, 0.05) is 0 Å². The standard InChI is InChI=1S/C13H26P2/c1-14-10-4-8-12(14)6-3-7-13-9-5-11-15(13)2/h12-13H,3-11H2,1-2H3/t12-,13-,14+,15+/m0/s1. The summed E-state index contributed by atoms with van der Waals surface area (Å²) in [7, 11) is 0.884. The van der Waals surface area contributed by atoms with Crippen molar-refractivity contribution >= 4 is 15.8 Å². The molecule has 15 heavy (non-hydrogen) atoms. The van der Waals surface area contributed by atoms with E-state index in [2.05, 4.69) is 13.3 Å². The molecule has 0 nitrogen and oxygen atoms in total. The third-order valence-corrected chi connectivity index (χ3v) is 9.99. The zero-order valence-electron chi connectivity index (χ0n) is 10.4. The van der Waals surface area contributed by atoms with Gasteiger partial charge in [0.15, 0.2) is 0 Å². The maximum atomic E-state index is 2.54. The average Bonchev–Trinajstić information content (AvgIpc) is 2.78. The molecule has 2 heteroatoms. The lowest BCUT2D eigenvalue weighted by molar-refractivity contribution is 0.607. The Morgan fingerprint density at radius 3 is 1.67 bits per heavy atom. The lowest BCUT2D eigenvalue weighted by atomic mass is 10.1. The molecule has 0 aromatic carbocycles. The molecule has 0 radical (unpaired) electrons. The normalized spacial score (nSPS) is 41.2. The van der Waals surface area contributed by atoms with Crippen molar-refractivity contribution in [3.8, 4) is 0 Å². The summed E-state index contributed by atoms with van der Waals surface area (Å²) in [5.74, 6) is 0. The molecule has 4 atom stereocenters. The molecular weight excluding hydrogens is 218 g/mol. The van der Waals surface area contributed by atoms with Crippen LogP contribution in [-0.2, 0) is 0 Å². The Kier molecular flexibility index (Phi) is 4.91. The highest BCUT2D eigenvalue weighted by Gasteiger charge is 2.25. The van der Waals surface area contributed by atoms with Gasteiger partial charge in [0.25, 0.3) is 0 Å². The summed E-state index contributed by atoms with van der Waals surface area (Å²) in [5, 5.41) is 0. The second-order valence-electron chi connectivity index (χ2n) is 5.48. The smallest absolute Gasteiger partial charge is 0.0212 e. The number of rotatable bonds is 4. The molecule has 0 aromatic rings. The van der Waals surface area contributed by atoms with Crippen molar-refractivity contribution in [3.05, 3.63) is 0 Å². The Morgan fingerprint density at radius 1 is 0.867 bits per heavy atom. The highest BCUT2D eigenvalue weighted by atomic mass is 31.1. The van der Waals surface area contributed by atoms with Gasteiger partial charge in [-0.15, -0.1) is 15.8 Å². The SMILES string of the molecule is C[P@]1CCC[C@@H]1CCC[C@H]1CCC[P@@]1C. The van der Waals surface area contributed by atoms with Gasteiger partial charge >= 0.3 is 0 Å². The maximum Gasteiger partial charge on any atom is -0.0212 e. The molecule has 0 N–H and O–H groups in total. The van der Waals surface area contributed by atoms with Gasteiger partial charge in [-0.1, -0.05) is 6.42 Å². The lowest BCUT2D eigenvalue weighted by Crippen LogP contribution is -2.03. The summed E-state index contributed by atoms with van der Waals surface area (Å²) in [6.07, 6.45) is 14.0. The molecular formula is C13H26P2. The lowest BCUT2D eigenvalue weighted by Gasteiger charge is -2.19. The molecule has 2 aliphatic heterocycles. The van der Waals surface area contributed by atoms with Crippen LogP contribution in [-0.4, -0.2) is 37.0 Å². The fourth-order valence-electron chi connectivity index (χ4n) is 3.28. The van der Waals surface area contributed by atoms with Gasteiger partial charge in [0.2, 0.25) is 0 Å². The van der Waals surface area contributed by atoms with Crippen molar-refractivity contribution in [1.29, 1.82) is 0 Å². The Balaban J connectivity index is 1.62. The minimum absolute atomic E-state index is 0.442. The number of hydrogen-bond donors (Lipinski definition) is 0. The monoisotopic (exact) mass is 244 g/mol. The Bertz CT molecular complexity index is 173. The van der Waals surface area contributed by atoms with Gasteiger partial charge in [-0.2, -0.15) is 0 Å². The van der Waals surface area contributed by atoms with Crippen molar-refractivity contribution in [1.82, 2.24) is 0 Å². The van der Waals surface area contributed by atoms with E-state index in [1.807, 2.05) is 0 Å². The summed E-state index contributed by atoms with van der Waals surface area (Å²) in [5.41, 5.74) is 2.31. The van der Waals surface area contributed by atoms with Gasteiger partial charge in [-0.3, -0.25) is 0 Å². The van der Waals surface area contributed by atoms with Crippen molar-refractivity contribution in [3.63, 3.8) is 0 Å². The average molecular weight is 244 g/mol. The topological polar surface area (TPSA) is 0 Å². The maximum absolute atomic E-state index is 2.54. The van der Waals surface area contributed by atoms with E-state index in [9.17, 15) is 0 Å². The molecule has 0 aliphatic carbocycles. The fraction of sp³-hybridized carbons (Fsp3) is 1.00. The van der Waals surface area contributed by atoms with E-state index in [1.165, 1.54) is 12.8 Å². The van der Waals surface area contributed by atoms with Gasteiger partial charge in [-0.25, -0.2) is 0 Å².